The summed E-state index contributed by atoms with van der Waals surface area (Å²) in [6, 6.07) is 6.39. The second-order valence-electron chi connectivity index (χ2n) is 10.9. The molecule has 6 rings (SSSR count). The SMILES string of the molecule is CCc1cc(N2CCN(C)CC2)ccc1Nc1ncc(C(F)(F)F)c(NCCCN2C(=O)C3CCC2CC3)n1. The average molecular weight is 546 g/mol. The maximum atomic E-state index is 13.7. The average Bonchev–Trinajstić information content (AvgIpc) is 2.93. The number of hydrogen-bond acceptors (Lipinski definition) is 7. The van der Waals surface area contributed by atoms with Crippen LogP contribution in [0.25, 0.3) is 0 Å². The lowest BCUT2D eigenvalue weighted by atomic mass is 9.79. The molecule has 39 heavy (non-hydrogen) atoms. The number of piperazine rings is 1. The van der Waals surface area contributed by atoms with E-state index in [1.807, 2.05) is 24.0 Å². The maximum absolute atomic E-state index is 13.7. The van der Waals surface area contributed by atoms with Crippen molar-refractivity contribution in [3.63, 3.8) is 0 Å². The molecule has 4 fully saturated rings. The Morgan fingerprint density at radius 3 is 2.49 bits per heavy atom. The molecule has 0 radical (unpaired) electrons. The number of anilines is 4. The number of fused-ring (bicyclic) bond motifs is 3. The number of aromatic nitrogens is 2. The van der Waals surface area contributed by atoms with Gasteiger partial charge in [-0.05, 0) is 69.3 Å². The summed E-state index contributed by atoms with van der Waals surface area (Å²) in [5.74, 6) is 0.181. The van der Waals surface area contributed by atoms with Crippen LogP contribution in [0.3, 0.4) is 0 Å². The number of nitrogens with zero attached hydrogens (tertiary/aromatic N) is 5. The normalized spacial score (nSPS) is 21.9. The van der Waals surface area contributed by atoms with Gasteiger partial charge in [0.05, 0.1) is 0 Å². The van der Waals surface area contributed by atoms with E-state index < -0.39 is 11.7 Å². The number of hydrogen-bond donors (Lipinski definition) is 2. The van der Waals surface area contributed by atoms with Gasteiger partial charge in [0.25, 0.3) is 0 Å². The van der Waals surface area contributed by atoms with Crippen molar-refractivity contribution >= 4 is 29.0 Å². The number of carbonyl (C=O) groups excluding carboxylic acids is 1. The van der Waals surface area contributed by atoms with E-state index in [2.05, 4.69) is 43.5 Å². The van der Waals surface area contributed by atoms with Gasteiger partial charge in [-0.15, -0.1) is 0 Å². The van der Waals surface area contributed by atoms with Gasteiger partial charge in [-0.3, -0.25) is 4.79 Å². The van der Waals surface area contributed by atoms with Crippen LogP contribution < -0.4 is 15.5 Å². The molecule has 8 nitrogen and oxygen atoms in total. The van der Waals surface area contributed by atoms with Crippen molar-refractivity contribution in [2.75, 3.05) is 61.8 Å². The predicted octanol–water partition coefficient (Wildman–Crippen LogP) is 4.76. The van der Waals surface area contributed by atoms with Crippen LogP contribution in [0.4, 0.5) is 36.3 Å². The molecule has 2 bridgehead atoms. The molecular weight excluding hydrogens is 507 g/mol. The number of benzene rings is 1. The van der Waals surface area contributed by atoms with E-state index in [0.717, 1.165) is 81.4 Å². The molecule has 3 aliphatic heterocycles. The molecule has 1 saturated carbocycles. The van der Waals surface area contributed by atoms with Gasteiger partial charge in [0, 0.05) is 68.8 Å². The molecule has 3 saturated heterocycles. The summed E-state index contributed by atoms with van der Waals surface area (Å²) in [4.78, 5) is 27.3. The highest BCUT2D eigenvalue weighted by molar-refractivity contribution is 5.80. The second kappa shape index (κ2) is 11.6. The zero-order valence-electron chi connectivity index (χ0n) is 22.7. The number of carbonyl (C=O) groups is 1. The zero-order chi connectivity index (χ0) is 27.6. The van der Waals surface area contributed by atoms with Crippen molar-refractivity contribution < 1.29 is 18.0 Å². The molecular formula is C28H38F3N7O. The number of nitrogens with one attached hydrogen (secondary N) is 2. The Labute approximate surface area is 228 Å². The van der Waals surface area contributed by atoms with Crippen LogP contribution in [0.5, 0.6) is 0 Å². The Morgan fingerprint density at radius 2 is 1.82 bits per heavy atom. The number of aryl methyl sites for hydroxylation is 1. The number of piperidine rings is 2. The Balaban J connectivity index is 1.26. The van der Waals surface area contributed by atoms with E-state index in [1.54, 1.807) is 0 Å². The molecule has 4 aliphatic rings. The Bertz CT molecular complexity index is 1160. The smallest absolute Gasteiger partial charge is 0.369 e. The molecule has 1 amide bonds. The highest BCUT2D eigenvalue weighted by Gasteiger charge is 2.39. The number of likely N-dealkylation sites (N-methyl/N-ethyl adjacent to an activating group) is 1. The third kappa shape index (κ3) is 6.23. The molecule has 1 aromatic carbocycles. The highest BCUT2D eigenvalue weighted by Crippen LogP contribution is 2.37. The molecule has 0 spiro atoms. The number of halogens is 3. The Hall–Kier alpha value is -3.08. The summed E-state index contributed by atoms with van der Waals surface area (Å²) in [6.45, 7) is 6.80. The van der Waals surface area contributed by atoms with Crippen molar-refractivity contribution in [3.8, 4) is 0 Å². The van der Waals surface area contributed by atoms with Gasteiger partial charge in [0.2, 0.25) is 11.9 Å². The van der Waals surface area contributed by atoms with Crippen LogP contribution >= 0.6 is 0 Å². The van der Waals surface area contributed by atoms with Gasteiger partial charge in [-0.1, -0.05) is 6.92 Å². The second-order valence-corrected chi connectivity index (χ2v) is 10.9. The van der Waals surface area contributed by atoms with E-state index in [0.29, 0.717) is 13.0 Å². The van der Waals surface area contributed by atoms with Crippen LogP contribution in [-0.2, 0) is 17.4 Å². The molecule has 11 heteroatoms. The van der Waals surface area contributed by atoms with Gasteiger partial charge in [-0.2, -0.15) is 18.2 Å². The van der Waals surface area contributed by atoms with Crippen LogP contribution in [0, 0.1) is 5.92 Å². The van der Waals surface area contributed by atoms with Crippen molar-refractivity contribution in [3.05, 3.63) is 35.5 Å². The van der Waals surface area contributed by atoms with Crippen LogP contribution in [0.1, 0.15) is 50.2 Å². The van der Waals surface area contributed by atoms with E-state index in [9.17, 15) is 18.0 Å². The fraction of sp³-hybridized carbons (Fsp3) is 0.607. The van der Waals surface area contributed by atoms with Gasteiger partial charge in [-0.25, -0.2) is 4.98 Å². The molecule has 0 atom stereocenters. The third-order valence-electron chi connectivity index (χ3n) is 8.32. The lowest BCUT2D eigenvalue weighted by Crippen LogP contribution is -2.52. The van der Waals surface area contributed by atoms with Gasteiger partial charge < -0.3 is 25.3 Å². The standard InChI is InChI=1S/C28H38F3N7O/c1-3-19-17-22(37-15-13-36(2)14-16-37)9-10-24(19)34-27-33-18-23(28(29,30)31)25(35-27)32-11-4-12-38-21-7-5-20(6-8-21)26(38)39/h9-10,17-18,20-21H,3-8,11-16H2,1-2H3,(H2,32,33,34,35). The first-order valence-electron chi connectivity index (χ1n) is 14.0. The Morgan fingerprint density at radius 1 is 1.08 bits per heavy atom. The topological polar surface area (TPSA) is 76.6 Å². The lowest BCUT2D eigenvalue weighted by molar-refractivity contribution is -0.146. The van der Waals surface area contributed by atoms with Crippen molar-refractivity contribution in [2.45, 2.75) is 57.7 Å². The summed E-state index contributed by atoms with van der Waals surface area (Å²) >= 11 is 0. The first-order valence-corrected chi connectivity index (χ1v) is 14.0. The third-order valence-corrected chi connectivity index (χ3v) is 8.32. The first kappa shape index (κ1) is 27.5. The lowest BCUT2D eigenvalue weighted by Gasteiger charge is -2.44. The summed E-state index contributed by atoms with van der Waals surface area (Å²) in [5, 5.41) is 6.01. The number of rotatable bonds is 9. The Kier molecular flexibility index (Phi) is 8.16. The fourth-order valence-electron chi connectivity index (χ4n) is 5.96. The van der Waals surface area contributed by atoms with Crippen molar-refractivity contribution in [1.29, 1.82) is 0 Å². The number of alkyl halides is 3. The zero-order valence-corrected chi connectivity index (χ0v) is 22.7. The summed E-state index contributed by atoms with van der Waals surface area (Å²) in [7, 11) is 2.12. The van der Waals surface area contributed by atoms with Crippen LogP contribution in [-0.4, -0.2) is 78.0 Å². The molecule has 4 heterocycles. The maximum Gasteiger partial charge on any atom is 0.421 e. The largest absolute Gasteiger partial charge is 0.421 e. The number of amides is 1. The van der Waals surface area contributed by atoms with E-state index in [4.69, 9.17) is 0 Å². The monoisotopic (exact) mass is 545 g/mol. The minimum atomic E-state index is -4.58. The van der Waals surface area contributed by atoms with Crippen molar-refractivity contribution in [1.82, 2.24) is 19.8 Å². The van der Waals surface area contributed by atoms with E-state index >= 15 is 0 Å². The minimum Gasteiger partial charge on any atom is -0.369 e. The molecule has 0 unspecified atom stereocenters. The van der Waals surface area contributed by atoms with Gasteiger partial charge in [0.15, 0.2) is 0 Å². The van der Waals surface area contributed by atoms with E-state index in [-0.39, 0.29) is 36.2 Å². The summed E-state index contributed by atoms with van der Waals surface area (Å²) in [6.07, 6.45) is 1.53. The van der Waals surface area contributed by atoms with Gasteiger partial charge >= 0.3 is 6.18 Å². The molecule has 2 N–H and O–H groups in total. The molecule has 1 aliphatic carbocycles. The van der Waals surface area contributed by atoms with Crippen LogP contribution in [0.15, 0.2) is 24.4 Å². The van der Waals surface area contributed by atoms with E-state index in [1.165, 1.54) is 0 Å². The molecule has 212 valence electrons. The fourth-order valence-corrected chi connectivity index (χ4v) is 5.96. The first-order chi connectivity index (χ1) is 18.7. The van der Waals surface area contributed by atoms with Crippen LogP contribution in [0.2, 0.25) is 0 Å². The quantitative estimate of drug-likeness (QED) is 0.440. The van der Waals surface area contributed by atoms with Crippen molar-refractivity contribution in [2.24, 2.45) is 5.92 Å². The predicted molar refractivity (Wildman–Crippen MR) is 146 cm³/mol. The molecule has 2 aromatic rings. The summed E-state index contributed by atoms with van der Waals surface area (Å²) in [5.41, 5.74) is 2.06. The summed E-state index contributed by atoms with van der Waals surface area (Å²) < 4.78 is 41.2. The van der Waals surface area contributed by atoms with Gasteiger partial charge in [0.1, 0.15) is 11.4 Å². The minimum absolute atomic E-state index is 0.107. The highest BCUT2D eigenvalue weighted by atomic mass is 19.4. The molecule has 1 aromatic heterocycles.